The molecule has 0 fully saturated rings. The zero-order chi connectivity index (χ0) is 22.9. The predicted molar refractivity (Wildman–Crippen MR) is 121 cm³/mol. The van der Waals surface area contributed by atoms with Crippen molar-refractivity contribution in [3.63, 3.8) is 0 Å². The van der Waals surface area contributed by atoms with E-state index in [0.717, 1.165) is 22.4 Å². The number of hydrogen-bond donors (Lipinski definition) is 1. The van der Waals surface area contributed by atoms with Crippen LogP contribution < -0.4 is 10.1 Å². The molecule has 1 unspecified atom stereocenters. The van der Waals surface area contributed by atoms with Crippen LogP contribution in [0.1, 0.15) is 27.9 Å². The highest BCUT2D eigenvalue weighted by atomic mass is 16.5. The van der Waals surface area contributed by atoms with Gasteiger partial charge in [0.15, 0.2) is 0 Å². The number of methoxy groups -OCH3 is 2. The lowest BCUT2D eigenvalue weighted by molar-refractivity contribution is -0.143. The summed E-state index contributed by atoms with van der Waals surface area (Å²) in [7, 11) is 2.91. The van der Waals surface area contributed by atoms with Crippen LogP contribution in [-0.2, 0) is 16.0 Å². The van der Waals surface area contributed by atoms with Crippen molar-refractivity contribution in [2.75, 3.05) is 14.2 Å². The molecule has 0 saturated heterocycles. The molecule has 3 rings (SSSR count). The molecule has 3 aromatic carbocycles. The van der Waals surface area contributed by atoms with E-state index in [2.05, 4.69) is 11.4 Å². The van der Waals surface area contributed by atoms with Crippen LogP contribution in [-0.4, -0.2) is 32.1 Å². The molecule has 6 nitrogen and oxygen atoms in total. The van der Waals surface area contributed by atoms with E-state index in [1.54, 1.807) is 37.4 Å². The smallest absolute Gasteiger partial charge is 0.328 e. The van der Waals surface area contributed by atoms with Crippen molar-refractivity contribution < 1.29 is 19.1 Å². The molecule has 0 heterocycles. The largest absolute Gasteiger partial charge is 0.497 e. The molecule has 0 aromatic heterocycles. The maximum absolute atomic E-state index is 12.8. The number of carbonyl (C=O) groups excluding carboxylic acids is 2. The van der Waals surface area contributed by atoms with Crippen LogP contribution in [0.25, 0.3) is 11.1 Å². The van der Waals surface area contributed by atoms with Gasteiger partial charge in [0.1, 0.15) is 11.8 Å². The number of rotatable bonds is 8. The minimum atomic E-state index is -0.770. The zero-order valence-corrected chi connectivity index (χ0v) is 18.0. The second kappa shape index (κ2) is 10.8. The minimum Gasteiger partial charge on any atom is -0.497 e. The standard InChI is InChI=1S/C26H24N2O4/c1-31-22-14-7-18(8-15-22)9-16-24(26(30)32-2)28-25(29)20-12-10-19(11-13-20)23-6-4-3-5-21(23)17-27/h3-8,10-15,24H,9,16H2,1-2H3,(H,28,29). The summed E-state index contributed by atoms with van der Waals surface area (Å²) in [5.74, 6) is -0.103. The third kappa shape index (κ3) is 5.52. The Morgan fingerprint density at radius 3 is 2.28 bits per heavy atom. The summed E-state index contributed by atoms with van der Waals surface area (Å²) in [5.41, 5.74) is 3.64. The van der Waals surface area contributed by atoms with Crippen molar-refractivity contribution in [1.29, 1.82) is 5.26 Å². The molecule has 162 valence electrons. The average Bonchev–Trinajstić information content (AvgIpc) is 2.86. The van der Waals surface area contributed by atoms with Crippen LogP contribution in [0.2, 0.25) is 0 Å². The molecular formula is C26H24N2O4. The van der Waals surface area contributed by atoms with Gasteiger partial charge in [0, 0.05) is 5.56 Å². The fraction of sp³-hybridized carbons (Fsp3) is 0.192. The number of nitriles is 1. The third-order valence-corrected chi connectivity index (χ3v) is 5.18. The number of benzene rings is 3. The quantitative estimate of drug-likeness (QED) is 0.545. The number of aryl methyl sites for hydroxylation is 1. The summed E-state index contributed by atoms with van der Waals surface area (Å²) >= 11 is 0. The number of ether oxygens (including phenoxy) is 2. The Morgan fingerprint density at radius 1 is 0.969 bits per heavy atom. The van der Waals surface area contributed by atoms with Gasteiger partial charge in [-0.15, -0.1) is 0 Å². The molecule has 1 atom stereocenters. The van der Waals surface area contributed by atoms with Gasteiger partial charge in [-0.05, 0) is 59.9 Å². The van der Waals surface area contributed by atoms with Gasteiger partial charge in [0.2, 0.25) is 0 Å². The van der Waals surface area contributed by atoms with Gasteiger partial charge in [-0.2, -0.15) is 5.26 Å². The van der Waals surface area contributed by atoms with E-state index in [9.17, 15) is 14.9 Å². The van der Waals surface area contributed by atoms with Gasteiger partial charge in [-0.25, -0.2) is 4.79 Å². The molecule has 0 radical (unpaired) electrons. The number of carbonyl (C=O) groups is 2. The van der Waals surface area contributed by atoms with Crippen LogP contribution in [0.5, 0.6) is 5.75 Å². The molecule has 0 aliphatic heterocycles. The van der Waals surface area contributed by atoms with Crippen molar-refractivity contribution in [3.05, 3.63) is 89.5 Å². The third-order valence-electron chi connectivity index (χ3n) is 5.18. The Morgan fingerprint density at radius 2 is 1.66 bits per heavy atom. The molecule has 0 aliphatic carbocycles. The molecule has 0 aliphatic rings. The highest BCUT2D eigenvalue weighted by Gasteiger charge is 2.22. The number of hydrogen-bond acceptors (Lipinski definition) is 5. The van der Waals surface area contributed by atoms with Crippen LogP contribution in [0.3, 0.4) is 0 Å². The maximum atomic E-state index is 12.8. The first kappa shape index (κ1) is 22.6. The van der Waals surface area contributed by atoms with E-state index in [4.69, 9.17) is 9.47 Å². The molecule has 1 amide bonds. The first-order chi connectivity index (χ1) is 15.5. The molecule has 32 heavy (non-hydrogen) atoms. The molecular weight excluding hydrogens is 404 g/mol. The van der Waals surface area contributed by atoms with E-state index < -0.39 is 12.0 Å². The minimum absolute atomic E-state index is 0.366. The molecule has 6 heteroatoms. The summed E-state index contributed by atoms with van der Waals surface area (Å²) in [6.07, 6.45) is 0.992. The van der Waals surface area contributed by atoms with Gasteiger partial charge in [0.25, 0.3) is 5.91 Å². The van der Waals surface area contributed by atoms with Crippen LogP contribution in [0.15, 0.2) is 72.8 Å². The van der Waals surface area contributed by atoms with Crippen molar-refractivity contribution >= 4 is 11.9 Å². The number of nitrogens with one attached hydrogen (secondary N) is 1. The summed E-state index contributed by atoms with van der Waals surface area (Å²) in [6.45, 7) is 0. The highest BCUT2D eigenvalue weighted by molar-refractivity contribution is 5.97. The summed E-state index contributed by atoms with van der Waals surface area (Å²) in [5, 5.41) is 12.1. The number of esters is 1. The van der Waals surface area contributed by atoms with E-state index in [1.807, 2.05) is 42.5 Å². The summed E-state index contributed by atoms with van der Waals surface area (Å²) in [6, 6.07) is 23.2. The first-order valence-electron chi connectivity index (χ1n) is 10.2. The van der Waals surface area contributed by atoms with Gasteiger partial charge >= 0.3 is 5.97 Å². The Bertz CT molecular complexity index is 1120. The lowest BCUT2D eigenvalue weighted by Gasteiger charge is -2.17. The van der Waals surface area contributed by atoms with E-state index in [0.29, 0.717) is 24.0 Å². The number of nitrogens with zero attached hydrogens (tertiary/aromatic N) is 1. The Kier molecular flexibility index (Phi) is 7.60. The zero-order valence-electron chi connectivity index (χ0n) is 18.0. The van der Waals surface area contributed by atoms with Crippen molar-refractivity contribution in [1.82, 2.24) is 5.32 Å². The first-order valence-corrected chi connectivity index (χ1v) is 10.2. The molecule has 0 saturated carbocycles. The summed E-state index contributed by atoms with van der Waals surface area (Å²) in [4.78, 5) is 25.0. The van der Waals surface area contributed by atoms with E-state index in [-0.39, 0.29) is 5.91 Å². The molecule has 0 spiro atoms. The second-order valence-electron chi connectivity index (χ2n) is 7.17. The van der Waals surface area contributed by atoms with Crippen LogP contribution in [0.4, 0.5) is 0 Å². The maximum Gasteiger partial charge on any atom is 0.328 e. The fourth-order valence-electron chi connectivity index (χ4n) is 3.37. The molecule has 3 aromatic rings. The Hall–Kier alpha value is -4.11. The fourth-order valence-corrected chi connectivity index (χ4v) is 3.37. The van der Waals surface area contributed by atoms with Crippen LogP contribution in [0, 0.1) is 11.3 Å². The van der Waals surface area contributed by atoms with Crippen molar-refractivity contribution in [2.45, 2.75) is 18.9 Å². The second-order valence-corrected chi connectivity index (χ2v) is 7.17. The Labute approximate surface area is 187 Å². The lowest BCUT2D eigenvalue weighted by Crippen LogP contribution is -2.41. The summed E-state index contributed by atoms with van der Waals surface area (Å²) < 4.78 is 10.0. The SMILES string of the molecule is COC(=O)C(CCc1ccc(OC)cc1)NC(=O)c1ccc(-c2ccccc2C#N)cc1. The van der Waals surface area contributed by atoms with Crippen LogP contribution >= 0.6 is 0 Å². The van der Waals surface area contributed by atoms with Gasteiger partial charge in [0.05, 0.1) is 25.9 Å². The predicted octanol–water partition coefficient (Wildman–Crippen LogP) is 4.14. The molecule has 1 N–H and O–H groups in total. The highest BCUT2D eigenvalue weighted by Crippen LogP contribution is 2.23. The monoisotopic (exact) mass is 428 g/mol. The van der Waals surface area contributed by atoms with E-state index >= 15 is 0 Å². The van der Waals surface area contributed by atoms with Gasteiger partial charge in [-0.1, -0.05) is 42.5 Å². The Balaban J connectivity index is 1.69. The molecule has 0 bridgehead atoms. The van der Waals surface area contributed by atoms with Gasteiger partial charge < -0.3 is 14.8 Å². The van der Waals surface area contributed by atoms with Crippen molar-refractivity contribution in [2.24, 2.45) is 0 Å². The topological polar surface area (TPSA) is 88.4 Å². The lowest BCUT2D eigenvalue weighted by atomic mass is 9.99. The van der Waals surface area contributed by atoms with Gasteiger partial charge in [-0.3, -0.25) is 4.79 Å². The normalized spacial score (nSPS) is 11.2. The number of amides is 1. The van der Waals surface area contributed by atoms with Crippen molar-refractivity contribution in [3.8, 4) is 22.9 Å². The van der Waals surface area contributed by atoms with E-state index in [1.165, 1.54) is 7.11 Å². The average molecular weight is 428 g/mol.